The van der Waals surface area contributed by atoms with Crippen molar-refractivity contribution in [1.29, 1.82) is 0 Å². The number of hydrogen-bond acceptors (Lipinski definition) is 4. The Bertz CT molecular complexity index is 1270. The highest BCUT2D eigenvalue weighted by Crippen LogP contribution is 2.51. The molecule has 0 aromatic heterocycles. The van der Waals surface area contributed by atoms with E-state index in [0.29, 0.717) is 0 Å². The molecule has 0 fully saturated rings. The third-order valence-electron chi connectivity index (χ3n) is 5.50. The quantitative estimate of drug-likeness (QED) is 0.290. The van der Waals surface area contributed by atoms with Gasteiger partial charge in [0.1, 0.15) is 0 Å². The van der Waals surface area contributed by atoms with Crippen LogP contribution in [0.2, 0.25) is 0 Å². The predicted molar refractivity (Wildman–Crippen MR) is 175 cm³/mol. The predicted octanol–water partition coefficient (Wildman–Crippen LogP) is 11.9. The molecular formula is C34H32S4. The van der Waals surface area contributed by atoms with Gasteiger partial charge in [0.15, 0.2) is 0 Å². The van der Waals surface area contributed by atoms with Crippen LogP contribution in [0.5, 0.6) is 0 Å². The summed E-state index contributed by atoms with van der Waals surface area (Å²) in [5.41, 5.74) is 4.94. The van der Waals surface area contributed by atoms with Gasteiger partial charge in [-0.1, -0.05) is 143 Å². The lowest BCUT2D eigenvalue weighted by Gasteiger charge is -1.94. The molecule has 0 aliphatic carbocycles. The van der Waals surface area contributed by atoms with Crippen LogP contribution in [0.3, 0.4) is 0 Å². The van der Waals surface area contributed by atoms with Crippen LogP contribution in [0.4, 0.5) is 0 Å². The number of fused-ring (bicyclic) bond motifs is 2. The maximum atomic E-state index is 2.26. The molecule has 2 aromatic rings. The molecular weight excluding hydrogens is 537 g/mol. The van der Waals surface area contributed by atoms with Gasteiger partial charge < -0.3 is 0 Å². The van der Waals surface area contributed by atoms with E-state index in [9.17, 15) is 0 Å². The van der Waals surface area contributed by atoms with E-state index in [-0.39, 0.29) is 0 Å². The minimum Gasteiger partial charge on any atom is -0.0815 e. The van der Waals surface area contributed by atoms with Crippen LogP contribution < -0.4 is 0 Å². The molecule has 0 N–H and O–H groups in total. The SMILES string of the molecule is C\C(C=C1Sc2ccccc2S1)=C/C=C/C=C(C)/C=C/C(C)=C/C=C/C=C(\C)C=C1Sc2ccccc2S1. The van der Waals surface area contributed by atoms with Crippen molar-refractivity contribution in [2.24, 2.45) is 0 Å². The molecule has 0 unspecified atom stereocenters. The molecule has 192 valence electrons. The zero-order valence-corrected chi connectivity index (χ0v) is 25.4. The maximum Gasteiger partial charge on any atom is 0.0502 e. The summed E-state index contributed by atoms with van der Waals surface area (Å²) >= 11 is 7.40. The van der Waals surface area contributed by atoms with Crippen LogP contribution >= 0.6 is 47.0 Å². The van der Waals surface area contributed by atoms with Crippen molar-refractivity contribution in [3.63, 3.8) is 0 Å². The fourth-order valence-electron chi connectivity index (χ4n) is 3.50. The Morgan fingerprint density at radius 2 is 0.737 bits per heavy atom. The number of rotatable bonds is 8. The zero-order chi connectivity index (χ0) is 26.7. The summed E-state index contributed by atoms with van der Waals surface area (Å²) in [6, 6.07) is 17.2. The highest BCUT2D eigenvalue weighted by Gasteiger charge is 2.16. The molecule has 0 nitrogen and oxygen atoms in total. The van der Waals surface area contributed by atoms with Crippen molar-refractivity contribution in [1.82, 2.24) is 0 Å². The van der Waals surface area contributed by atoms with Crippen molar-refractivity contribution in [2.45, 2.75) is 47.3 Å². The van der Waals surface area contributed by atoms with Gasteiger partial charge in [-0.3, -0.25) is 0 Å². The van der Waals surface area contributed by atoms with E-state index in [0.717, 1.165) is 0 Å². The second-order valence-corrected chi connectivity index (χ2v) is 13.8. The van der Waals surface area contributed by atoms with E-state index in [4.69, 9.17) is 0 Å². The Hall–Kier alpha value is -2.50. The highest BCUT2D eigenvalue weighted by molar-refractivity contribution is 8.25. The minimum absolute atomic E-state index is 1.22. The van der Waals surface area contributed by atoms with E-state index >= 15 is 0 Å². The van der Waals surface area contributed by atoms with E-state index in [1.54, 1.807) is 0 Å². The average molecular weight is 569 g/mol. The summed E-state index contributed by atoms with van der Waals surface area (Å²) in [5, 5.41) is 0. The molecule has 0 bridgehead atoms. The van der Waals surface area contributed by atoms with Crippen LogP contribution in [0.15, 0.2) is 172 Å². The molecule has 4 heteroatoms. The molecule has 2 heterocycles. The van der Waals surface area contributed by atoms with Crippen molar-refractivity contribution in [3.8, 4) is 0 Å². The van der Waals surface area contributed by atoms with Gasteiger partial charge in [0.05, 0.1) is 8.47 Å². The summed E-state index contributed by atoms with van der Waals surface area (Å²) in [4.78, 5) is 5.41. The Balaban J connectivity index is 1.23. The van der Waals surface area contributed by atoms with Crippen LogP contribution in [-0.4, -0.2) is 0 Å². The second kappa shape index (κ2) is 14.6. The Labute approximate surface area is 245 Å². The molecule has 0 radical (unpaired) electrons. The van der Waals surface area contributed by atoms with Gasteiger partial charge in [-0.05, 0) is 75.3 Å². The number of hydrogen-bond donors (Lipinski definition) is 0. The largest absolute Gasteiger partial charge is 0.0815 e. The van der Waals surface area contributed by atoms with Gasteiger partial charge >= 0.3 is 0 Å². The molecule has 2 aliphatic rings. The van der Waals surface area contributed by atoms with Gasteiger partial charge in [-0.25, -0.2) is 0 Å². The summed E-state index contributed by atoms with van der Waals surface area (Å²) in [6.45, 7) is 8.56. The first kappa shape index (κ1) is 28.5. The molecule has 2 aliphatic heterocycles. The Morgan fingerprint density at radius 3 is 1.05 bits per heavy atom. The van der Waals surface area contributed by atoms with Crippen LogP contribution in [0, 0.1) is 0 Å². The van der Waals surface area contributed by atoms with Crippen molar-refractivity contribution >= 4 is 47.0 Å². The smallest absolute Gasteiger partial charge is 0.0502 e. The van der Waals surface area contributed by atoms with E-state index < -0.39 is 0 Å². The van der Waals surface area contributed by atoms with Crippen LogP contribution in [0.1, 0.15) is 27.7 Å². The maximum absolute atomic E-state index is 2.26. The third-order valence-corrected chi connectivity index (χ3v) is 10.3. The van der Waals surface area contributed by atoms with Gasteiger partial charge in [0.25, 0.3) is 0 Å². The normalized spacial score (nSPS) is 16.7. The van der Waals surface area contributed by atoms with Gasteiger partial charge in [-0.15, -0.1) is 0 Å². The lowest BCUT2D eigenvalue weighted by atomic mass is 10.2. The van der Waals surface area contributed by atoms with Crippen LogP contribution in [0.25, 0.3) is 0 Å². The molecule has 0 atom stereocenters. The summed E-state index contributed by atoms with van der Waals surface area (Å²) in [6.07, 6.45) is 25.9. The topological polar surface area (TPSA) is 0 Å². The van der Waals surface area contributed by atoms with E-state index in [1.807, 2.05) is 47.0 Å². The first-order chi connectivity index (χ1) is 18.5. The molecule has 0 saturated carbocycles. The summed E-state index contributed by atoms with van der Waals surface area (Å²) in [7, 11) is 0. The lowest BCUT2D eigenvalue weighted by molar-refractivity contribution is 1.27. The third kappa shape index (κ3) is 9.06. The van der Waals surface area contributed by atoms with Gasteiger partial charge in [0.2, 0.25) is 0 Å². The number of thioether (sulfide) groups is 4. The van der Waals surface area contributed by atoms with E-state index in [1.165, 1.54) is 50.3 Å². The summed E-state index contributed by atoms with van der Waals surface area (Å²) in [5.74, 6) is 0. The molecule has 0 saturated heterocycles. The minimum atomic E-state index is 1.22. The summed E-state index contributed by atoms with van der Waals surface area (Å²) < 4.78 is 2.67. The standard InChI is InChI=1S/C34H32S4/c1-25(13-5-7-15-27(3)23-33-35-29-17-9-10-18-30(29)36-33)21-22-26(2)14-6-8-16-28(4)24-34-37-31-19-11-12-20-32(31)38-34/h5-24H,1-4H3/b7-5+,8-6+,22-21+,25-13+,26-14+,27-15+,28-16+. The molecule has 0 amide bonds. The van der Waals surface area contributed by atoms with Crippen molar-refractivity contribution in [3.05, 3.63) is 152 Å². The molecule has 38 heavy (non-hydrogen) atoms. The van der Waals surface area contributed by atoms with Gasteiger partial charge in [-0.2, -0.15) is 0 Å². The Kier molecular flexibility index (Phi) is 11.0. The molecule has 4 rings (SSSR count). The Morgan fingerprint density at radius 1 is 0.447 bits per heavy atom. The van der Waals surface area contributed by atoms with E-state index in [2.05, 4.69) is 149 Å². The second-order valence-electron chi connectivity index (χ2n) is 8.97. The lowest BCUT2D eigenvalue weighted by Crippen LogP contribution is -1.71. The monoisotopic (exact) mass is 568 g/mol. The number of benzene rings is 2. The fraction of sp³-hybridized carbons (Fsp3) is 0.118. The molecule has 2 aromatic carbocycles. The van der Waals surface area contributed by atoms with Crippen LogP contribution in [-0.2, 0) is 0 Å². The molecule has 0 spiro atoms. The highest BCUT2D eigenvalue weighted by atomic mass is 32.2. The average Bonchev–Trinajstić information content (AvgIpc) is 3.50. The van der Waals surface area contributed by atoms with Crippen molar-refractivity contribution in [2.75, 3.05) is 0 Å². The van der Waals surface area contributed by atoms with Crippen molar-refractivity contribution < 1.29 is 0 Å². The van der Waals surface area contributed by atoms with Gasteiger partial charge in [0, 0.05) is 19.6 Å². The first-order valence-corrected chi connectivity index (χ1v) is 15.8. The number of allylic oxidation sites excluding steroid dienone is 16. The fourth-order valence-corrected chi connectivity index (χ4v) is 8.52. The first-order valence-electron chi connectivity index (χ1n) is 12.5. The zero-order valence-electron chi connectivity index (χ0n) is 22.2.